The van der Waals surface area contributed by atoms with E-state index >= 15 is 0 Å². The second kappa shape index (κ2) is 9.40. The molecule has 1 aliphatic carbocycles. The number of rotatable bonds is 8. The third kappa shape index (κ3) is 4.55. The maximum absolute atomic E-state index is 12.9. The molecule has 0 aromatic heterocycles. The smallest absolute Gasteiger partial charge is 0.232 e. The lowest BCUT2D eigenvalue weighted by molar-refractivity contribution is -0.130. The Balaban J connectivity index is 1.46. The highest BCUT2D eigenvalue weighted by molar-refractivity contribution is 5.99. The SMILES string of the molecule is CCC1(COC)CC(=O)N(Cc2cccc(C(O)N[C@H]3CCc4ccccc43)c2)C(N)=N1. The van der Waals surface area contributed by atoms with Gasteiger partial charge < -0.3 is 15.6 Å². The highest BCUT2D eigenvalue weighted by Crippen LogP contribution is 2.33. The quantitative estimate of drug-likeness (QED) is 0.553. The van der Waals surface area contributed by atoms with Gasteiger partial charge in [0, 0.05) is 13.2 Å². The number of methoxy groups -OCH3 is 1. The number of aryl methyl sites for hydroxylation is 1. The van der Waals surface area contributed by atoms with Gasteiger partial charge in [0.2, 0.25) is 5.91 Å². The molecule has 4 N–H and O–H groups in total. The number of aliphatic hydroxyl groups excluding tert-OH is 1. The molecule has 0 saturated heterocycles. The largest absolute Gasteiger partial charge is 0.382 e. The maximum atomic E-state index is 12.9. The van der Waals surface area contributed by atoms with Crippen molar-refractivity contribution >= 4 is 11.9 Å². The Labute approximate surface area is 189 Å². The zero-order valence-electron chi connectivity index (χ0n) is 18.8. The molecule has 7 nitrogen and oxygen atoms in total. The highest BCUT2D eigenvalue weighted by atomic mass is 16.5. The van der Waals surface area contributed by atoms with Crippen LogP contribution in [0.5, 0.6) is 0 Å². The van der Waals surface area contributed by atoms with Gasteiger partial charge in [0.1, 0.15) is 6.23 Å². The molecule has 1 amide bonds. The fraction of sp³-hybridized carbons (Fsp3) is 0.440. The van der Waals surface area contributed by atoms with E-state index in [1.807, 2.05) is 37.3 Å². The second-order valence-corrected chi connectivity index (χ2v) is 8.74. The van der Waals surface area contributed by atoms with Crippen LogP contribution in [0.3, 0.4) is 0 Å². The monoisotopic (exact) mass is 436 g/mol. The van der Waals surface area contributed by atoms with Crippen molar-refractivity contribution in [1.29, 1.82) is 0 Å². The number of hydrogen-bond acceptors (Lipinski definition) is 6. The lowest BCUT2D eigenvalue weighted by atomic mass is 9.91. The van der Waals surface area contributed by atoms with E-state index in [1.165, 1.54) is 16.0 Å². The molecule has 0 fully saturated rings. The van der Waals surface area contributed by atoms with E-state index in [-0.39, 0.29) is 24.3 Å². The molecule has 0 spiro atoms. The molecule has 2 aromatic rings. The molecular weight excluding hydrogens is 404 g/mol. The van der Waals surface area contributed by atoms with Crippen molar-refractivity contribution < 1.29 is 14.6 Å². The number of aliphatic hydroxyl groups is 1. The van der Waals surface area contributed by atoms with Gasteiger partial charge in [-0.05, 0) is 41.5 Å². The van der Waals surface area contributed by atoms with Crippen LogP contribution in [0.2, 0.25) is 0 Å². The van der Waals surface area contributed by atoms with Gasteiger partial charge in [0.25, 0.3) is 0 Å². The van der Waals surface area contributed by atoms with Crippen LogP contribution < -0.4 is 11.1 Å². The number of nitrogens with two attached hydrogens (primary N) is 1. The number of fused-ring (bicyclic) bond motifs is 1. The fourth-order valence-electron chi connectivity index (χ4n) is 4.74. The van der Waals surface area contributed by atoms with E-state index in [9.17, 15) is 9.90 Å². The first-order valence-corrected chi connectivity index (χ1v) is 11.2. The number of amides is 1. The van der Waals surface area contributed by atoms with Crippen molar-refractivity contribution in [2.75, 3.05) is 13.7 Å². The summed E-state index contributed by atoms with van der Waals surface area (Å²) in [5.41, 5.74) is 9.83. The lowest BCUT2D eigenvalue weighted by Crippen LogP contribution is -2.52. The van der Waals surface area contributed by atoms with Crippen LogP contribution in [0, 0.1) is 0 Å². The number of carbonyl (C=O) groups is 1. The van der Waals surface area contributed by atoms with Crippen LogP contribution in [0.15, 0.2) is 53.5 Å². The zero-order chi connectivity index (χ0) is 22.7. The maximum Gasteiger partial charge on any atom is 0.232 e. The Kier molecular flexibility index (Phi) is 6.60. The number of benzene rings is 2. The van der Waals surface area contributed by atoms with Crippen LogP contribution >= 0.6 is 0 Å². The highest BCUT2D eigenvalue weighted by Gasteiger charge is 2.38. The van der Waals surface area contributed by atoms with Crippen molar-refractivity contribution in [3.05, 3.63) is 70.8 Å². The molecule has 2 unspecified atom stereocenters. The Morgan fingerprint density at radius 3 is 2.88 bits per heavy atom. The van der Waals surface area contributed by atoms with Gasteiger partial charge in [-0.15, -0.1) is 0 Å². The molecule has 4 rings (SSSR count). The molecule has 1 aliphatic heterocycles. The number of aliphatic imine (C=N–C) groups is 1. The summed E-state index contributed by atoms with van der Waals surface area (Å²) in [5, 5.41) is 14.2. The first-order valence-electron chi connectivity index (χ1n) is 11.2. The fourth-order valence-corrected chi connectivity index (χ4v) is 4.74. The van der Waals surface area contributed by atoms with Gasteiger partial charge in [-0.1, -0.05) is 55.5 Å². The number of nitrogens with zero attached hydrogens (tertiary/aromatic N) is 2. The number of ether oxygens (including phenoxy) is 1. The molecule has 3 atom stereocenters. The van der Waals surface area contributed by atoms with Crippen molar-refractivity contribution in [1.82, 2.24) is 10.2 Å². The number of carbonyl (C=O) groups excluding carboxylic acids is 1. The van der Waals surface area contributed by atoms with Gasteiger partial charge in [-0.2, -0.15) is 0 Å². The van der Waals surface area contributed by atoms with Crippen LogP contribution in [-0.2, 0) is 22.5 Å². The van der Waals surface area contributed by atoms with E-state index < -0.39 is 11.8 Å². The molecule has 2 aromatic carbocycles. The molecule has 2 aliphatic rings. The lowest BCUT2D eigenvalue weighted by Gasteiger charge is -2.36. The Bertz CT molecular complexity index is 1010. The summed E-state index contributed by atoms with van der Waals surface area (Å²) in [4.78, 5) is 19.0. The second-order valence-electron chi connectivity index (χ2n) is 8.74. The molecular formula is C25H32N4O3. The minimum Gasteiger partial charge on any atom is -0.382 e. The van der Waals surface area contributed by atoms with Gasteiger partial charge in [-0.25, -0.2) is 4.99 Å². The van der Waals surface area contributed by atoms with Crippen LogP contribution in [0.4, 0.5) is 0 Å². The van der Waals surface area contributed by atoms with E-state index in [4.69, 9.17) is 10.5 Å². The van der Waals surface area contributed by atoms with E-state index in [0.717, 1.165) is 24.0 Å². The average molecular weight is 437 g/mol. The number of nitrogens with one attached hydrogen (secondary N) is 1. The predicted octanol–water partition coefficient (Wildman–Crippen LogP) is 2.80. The number of guanidine groups is 1. The van der Waals surface area contributed by atoms with E-state index in [0.29, 0.717) is 19.6 Å². The zero-order valence-corrected chi connectivity index (χ0v) is 18.8. The standard InChI is InChI=1S/C25H32N4O3/c1-3-25(16-32-2)14-22(30)29(24(26)28-25)15-17-7-6-9-19(13-17)23(31)27-21-12-11-18-8-4-5-10-20(18)21/h4-10,13,21,23,27,31H,3,11-12,14-16H2,1-2H3,(H2,26,28)/t21-,23?,25?/m0/s1. The summed E-state index contributed by atoms with van der Waals surface area (Å²) in [7, 11) is 1.61. The molecule has 1 heterocycles. The molecule has 170 valence electrons. The van der Waals surface area contributed by atoms with Crippen molar-refractivity contribution in [2.24, 2.45) is 10.7 Å². The summed E-state index contributed by atoms with van der Waals surface area (Å²) in [6.45, 7) is 2.66. The van der Waals surface area contributed by atoms with Crippen LogP contribution in [0.25, 0.3) is 0 Å². The Morgan fingerprint density at radius 2 is 2.12 bits per heavy atom. The minimum absolute atomic E-state index is 0.0666. The Hall–Kier alpha value is -2.74. The summed E-state index contributed by atoms with van der Waals surface area (Å²) in [5.74, 6) is 0.148. The summed E-state index contributed by atoms with van der Waals surface area (Å²) < 4.78 is 5.28. The van der Waals surface area contributed by atoms with Crippen molar-refractivity contribution in [3.63, 3.8) is 0 Å². The van der Waals surface area contributed by atoms with Gasteiger partial charge in [0.05, 0.1) is 25.1 Å². The summed E-state index contributed by atoms with van der Waals surface area (Å²) in [6.07, 6.45) is 2.12. The van der Waals surface area contributed by atoms with E-state index in [1.54, 1.807) is 7.11 Å². The Morgan fingerprint density at radius 1 is 1.31 bits per heavy atom. The topological polar surface area (TPSA) is 100 Å². The molecule has 0 bridgehead atoms. The molecule has 7 heteroatoms. The minimum atomic E-state index is -0.802. The first-order chi connectivity index (χ1) is 15.4. The predicted molar refractivity (Wildman–Crippen MR) is 124 cm³/mol. The van der Waals surface area contributed by atoms with E-state index in [2.05, 4.69) is 28.5 Å². The van der Waals surface area contributed by atoms with Gasteiger partial charge >= 0.3 is 0 Å². The van der Waals surface area contributed by atoms with Gasteiger partial charge in [-0.3, -0.25) is 15.0 Å². The average Bonchev–Trinajstić information content (AvgIpc) is 3.19. The number of hydrogen-bond donors (Lipinski definition) is 3. The molecule has 0 saturated carbocycles. The van der Waals surface area contributed by atoms with Crippen LogP contribution in [-0.4, -0.2) is 41.1 Å². The molecule has 32 heavy (non-hydrogen) atoms. The third-order valence-corrected chi connectivity index (χ3v) is 6.58. The van der Waals surface area contributed by atoms with Crippen molar-refractivity contribution in [3.8, 4) is 0 Å². The molecule has 0 radical (unpaired) electrons. The summed E-state index contributed by atoms with van der Waals surface area (Å²) >= 11 is 0. The van der Waals surface area contributed by atoms with Crippen LogP contribution in [0.1, 0.15) is 60.7 Å². The van der Waals surface area contributed by atoms with Gasteiger partial charge in [0.15, 0.2) is 5.96 Å². The first kappa shape index (κ1) is 22.5. The normalized spacial score (nSPS) is 23.7. The van der Waals surface area contributed by atoms with Crippen molar-refractivity contribution in [2.45, 2.75) is 57.0 Å². The third-order valence-electron chi connectivity index (χ3n) is 6.58. The summed E-state index contributed by atoms with van der Waals surface area (Å²) in [6, 6.07) is 16.1.